The van der Waals surface area contributed by atoms with Gasteiger partial charge in [0, 0.05) is 18.2 Å². The molecular weight excluding hydrogens is 299 g/mol. The van der Waals surface area contributed by atoms with Crippen molar-refractivity contribution in [2.75, 3.05) is 6.54 Å². The summed E-state index contributed by atoms with van der Waals surface area (Å²) in [5, 5.41) is 9.47. The van der Waals surface area contributed by atoms with Crippen LogP contribution in [0.5, 0.6) is 5.75 Å². The van der Waals surface area contributed by atoms with E-state index in [0.717, 1.165) is 25.0 Å². The number of rotatable bonds is 4. The van der Waals surface area contributed by atoms with Gasteiger partial charge in [-0.1, -0.05) is 6.07 Å². The molecule has 2 rings (SSSR count). The maximum Gasteiger partial charge on any atom is 0.573 e. The highest BCUT2D eigenvalue weighted by Crippen LogP contribution is 2.27. The number of benzene rings is 1. The Labute approximate surface area is 126 Å². The number of aliphatic hydroxyl groups excluding tert-OH is 1. The molecule has 2 unspecified atom stereocenters. The fourth-order valence-electron chi connectivity index (χ4n) is 2.73. The van der Waals surface area contributed by atoms with Crippen LogP contribution in [0.4, 0.5) is 13.2 Å². The minimum absolute atomic E-state index is 0.0836. The number of carbonyl (C=O) groups excluding carboxylic acids is 1. The van der Waals surface area contributed by atoms with Gasteiger partial charge in [-0.3, -0.25) is 4.79 Å². The number of amides is 1. The zero-order chi connectivity index (χ0) is 16.3. The van der Waals surface area contributed by atoms with Crippen LogP contribution in [0.15, 0.2) is 24.3 Å². The minimum atomic E-state index is -4.79. The van der Waals surface area contributed by atoms with E-state index in [1.807, 2.05) is 0 Å². The molecular formula is C15H18F3NO3. The number of halogens is 3. The van der Waals surface area contributed by atoms with Crippen molar-refractivity contribution in [2.24, 2.45) is 0 Å². The van der Waals surface area contributed by atoms with Crippen LogP contribution < -0.4 is 4.74 Å². The van der Waals surface area contributed by atoms with Crippen molar-refractivity contribution < 1.29 is 27.8 Å². The molecule has 1 aliphatic rings. The Morgan fingerprint density at radius 2 is 2.23 bits per heavy atom. The Balaban J connectivity index is 2.13. The molecule has 7 heteroatoms. The van der Waals surface area contributed by atoms with Crippen LogP contribution in [-0.2, 0) is 0 Å². The maximum absolute atomic E-state index is 12.5. The zero-order valence-corrected chi connectivity index (χ0v) is 12.1. The van der Waals surface area contributed by atoms with E-state index in [1.54, 1.807) is 11.8 Å². The largest absolute Gasteiger partial charge is 0.573 e. The van der Waals surface area contributed by atoms with Crippen LogP contribution in [0.2, 0.25) is 0 Å². The predicted octanol–water partition coefficient (Wildman–Crippen LogP) is 2.96. The summed E-state index contributed by atoms with van der Waals surface area (Å²) >= 11 is 0. The lowest BCUT2D eigenvalue weighted by Gasteiger charge is -2.26. The lowest BCUT2D eigenvalue weighted by atomic mass is 10.1. The normalized spacial score (nSPS) is 20.0. The molecule has 1 saturated heterocycles. The number of hydrogen-bond donors (Lipinski definition) is 1. The first-order chi connectivity index (χ1) is 10.3. The van der Waals surface area contributed by atoms with Crippen LogP contribution in [-0.4, -0.2) is 41.0 Å². The molecule has 1 fully saturated rings. The Hall–Kier alpha value is -1.76. The SMILES string of the molecule is CC(O)CC1CCCN1C(=O)c1cccc(OC(F)(F)F)c1. The van der Waals surface area contributed by atoms with E-state index in [4.69, 9.17) is 0 Å². The summed E-state index contributed by atoms with van der Waals surface area (Å²) in [5.74, 6) is -0.750. The zero-order valence-electron chi connectivity index (χ0n) is 12.1. The molecule has 2 atom stereocenters. The highest BCUT2D eigenvalue weighted by Gasteiger charge is 2.33. The molecule has 1 aromatic carbocycles. The van der Waals surface area contributed by atoms with Gasteiger partial charge in [0.05, 0.1) is 6.10 Å². The number of aliphatic hydroxyl groups is 1. The quantitative estimate of drug-likeness (QED) is 0.929. The van der Waals surface area contributed by atoms with Crippen molar-refractivity contribution in [3.8, 4) is 5.75 Å². The summed E-state index contributed by atoms with van der Waals surface area (Å²) < 4.78 is 40.5. The van der Waals surface area contributed by atoms with E-state index in [2.05, 4.69) is 4.74 Å². The predicted molar refractivity (Wildman–Crippen MR) is 73.5 cm³/mol. The second kappa shape index (κ2) is 6.56. The number of ether oxygens (including phenoxy) is 1. The molecule has 22 heavy (non-hydrogen) atoms. The molecule has 1 aromatic rings. The molecule has 0 spiro atoms. The van der Waals surface area contributed by atoms with E-state index < -0.39 is 18.2 Å². The maximum atomic E-state index is 12.5. The fourth-order valence-corrected chi connectivity index (χ4v) is 2.73. The van der Waals surface area contributed by atoms with Gasteiger partial charge in [0.2, 0.25) is 0 Å². The van der Waals surface area contributed by atoms with Crippen molar-refractivity contribution in [1.29, 1.82) is 0 Å². The summed E-state index contributed by atoms with van der Waals surface area (Å²) in [7, 11) is 0. The Kier molecular flexibility index (Phi) is 4.95. The first-order valence-electron chi connectivity index (χ1n) is 7.11. The first-order valence-corrected chi connectivity index (χ1v) is 7.11. The molecule has 0 aliphatic carbocycles. The molecule has 0 aromatic heterocycles. The Morgan fingerprint density at radius 3 is 2.86 bits per heavy atom. The lowest BCUT2D eigenvalue weighted by Crippen LogP contribution is -2.37. The van der Waals surface area contributed by atoms with Crippen LogP contribution in [0.25, 0.3) is 0 Å². The van der Waals surface area contributed by atoms with Gasteiger partial charge in [-0.05, 0) is 44.4 Å². The second-order valence-corrected chi connectivity index (χ2v) is 5.45. The van der Waals surface area contributed by atoms with Crippen molar-refractivity contribution in [2.45, 2.75) is 44.7 Å². The summed E-state index contributed by atoms with van der Waals surface area (Å²) in [5.41, 5.74) is 0.152. The van der Waals surface area contributed by atoms with Gasteiger partial charge >= 0.3 is 6.36 Å². The minimum Gasteiger partial charge on any atom is -0.406 e. The molecule has 0 radical (unpaired) electrons. The van der Waals surface area contributed by atoms with Gasteiger partial charge in [-0.15, -0.1) is 13.2 Å². The van der Waals surface area contributed by atoms with E-state index in [9.17, 15) is 23.1 Å². The van der Waals surface area contributed by atoms with Gasteiger partial charge < -0.3 is 14.7 Å². The van der Waals surface area contributed by atoms with Gasteiger partial charge in [-0.25, -0.2) is 0 Å². The highest BCUT2D eigenvalue weighted by molar-refractivity contribution is 5.95. The third kappa shape index (κ3) is 4.37. The fraction of sp³-hybridized carbons (Fsp3) is 0.533. The van der Waals surface area contributed by atoms with Gasteiger partial charge in [0.15, 0.2) is 0 Å². The van der Waals surface area contributed by atoms with Crippen LogP contribution in [0.3, 0.4) is 0 Å². The molecule has 1 amide bonds. The van der Waals surface area contributed by atoms with E-state index >= 15 is 0 Å². The number of hydrogen-bond acceptors (Lipinski definition) is 3. The smallest absolute Gasteiger partial charge is 0.406 e. The summed E-state index contributed by atoms with van der Waals surface area (Å²) in [6.07, 6.45) is -3.25. The Bertz CT molecular complexity index is 531. The highest BCUT2D eigenvalue weighted by atomic mass is 19.4. The molecule has 122 valence electrons. The molecule has 1 aliphatic heterocycles. The number of nitrogens with zero attached hydrogens (tertiary/aromatic N) is 1. The van der Waals surface area contributed by atoms with Crippen molar-refractivity contribution in [3.63, 3.8) is 0 Å². The second-order valence-electron chi connectivity index (χ2n) is 5.45. The van der Waals surface area contributed by atoms with Gasteiger partial charge in [0.25, 0.3) is 5.91 Å². The van der Waals surface area contributed by atoms with Crippen LogP contribution in [0, 0.1) is 0 Å². The summed E-state index contributed by atoms with van der Waals surface area (Å²) in [4.78, 5) is 14.1. The van der Waals surface area contributed by atoms with Crippen molar-refractivity contribution >= 4 is 5.91 Å². The topological polar surface area (TPSA) is 49.8 Å². The van der Waals surface area contributed by atoms with E-state index in [1.165, 1.54) is 12.1 Å². The lowest BCUT2D eigenvalue weighted by molar-refractivity contribution is -0.274. The molecule has 1 N–H and O–H groups in total. The number of carbonyl (C=O) groups is 1. The van der Waals surface area contributed by atoms with Crippen molar-refractivity contribution in [1.82, 2.24) is 4.90 Å². The standard InChI is InChI=1S/C15H18F3NO3/c1-10(20)8-12-5-3-7-19(12)14(21)11-4-2-6-13(9-11)22-15(16,17)18/h2,4,6,9-10,12,20H,3,5,7-8H2,1H3. The monoisotopic (exact) mass is 317 g/mol. The van der Waals surface area contributed by atoms with Gasteiger partial charge in [0.1, 0.15) is 5.75 Å². The summed E-state index contributed by atoms with van der Waals surface area (Å²) in [6, 6.07) is 4.98. The Morgan fingerprint density at radius 1 is 1.50 bits per heavy atom. The number of alkyl halides is 3. The third-order valence-electron chi connectivity index (χ3n) is 3.57. The van der Waals surface area contributed by atoms with Crippen LogP contribution >= 0.6 is 0 Å². The summed E-state index contributed by atoms with van der Waals surface area (Å²) in [6.45, 7) is 2.19. The molecule has 4 nitrogen and oxygen atoms in total. The van der Waals surface area contributed by atoms with Crippen LogP contribution in [0.1, 0.15) is 36.5 Å². The molecule has 0 saturated carbocycles. The van der Waals surface area contributed by atoms with E-state index in [-0.39, 0.29) is 17.5 Å². The van der Waals surface area contributed by atoms with E-state index in [0.29, 0.717) is 13.0 Å². The average Bonchev–Trinajstić information content (AvgIpc) is 2.83. The first kappa shape index (κ1) is 16.6. The molecule has 1 heterocycles. The van der Waals surface area contributed by atoms with Crippen molar-refractivity contribution in [3.05, 3.63) is 29.8 Å². The average molecular weight is 317 g/mol. The molecule has 0 bridgehead atoms. The number of likely N-dealkylation sites (tertiary alicyclic amines) is 1. The van der Waals surface area contributed by atoms with Gasteiger partial charge in [-0.2, -0.15) is 0 Å². The third-order valence-corrected chi connectivity index (χ3v) is 3.57.